The largest absolute Gasteiger partial charge is 0.379 e. The summed E-state index contributed by atoms with van der Waals surface area (Å²) in [5.74, 6) is 7.47. The monoisotopic (exact) mass is 285 g/mol. The van der Waals surface area contributed by atoms with Crippen molar-refractivity contribution in [2.24, 2.45) is 5.84 Å². The molecule has 1 aromatic carbocycles. The smallest absolute Gasteiger partial charge is 0.163 e. The van der Waals surface area contributed by atoms with Gasteiger partial charge in [0.05, 0.1) is 12.1 Å². The van der Waals surface area contributed by atoms with Crippen LogP contribution in [0.1, 0.15) is 13.3 Å². The zero-order chi connectivity index (χ0) is 14.7. The Morgan fingerprint density at radius 2 is 1.95 bits per heavy atom. The number of aromatic nitrogens is 2. The third kappa shape index (κ3) is 3.12. The van der Waals surface area contributed by atoms with Crippen LogP contribution >= 0.6 is 0 Å². The van der Waals surface area contributed by atoms with Gasteiger partial charge in [-0.25, -0.2) is 15.8 Å². The first-order chi connectivity index (χ1) is 10.2. The Morgan fingerprint density at radius 3 is 2.62 bits per heavy atom. The number of hydrogen-bond donors (Lipinski definition) is 3. The van der Waals surface area contributed by atoms with E-state index >= 15 is 0 Å². The summed E-state index contributed by atoms with van der Waals surface area (Å²) in [7, 11) is 0. The summed E-state index contributed by atoms with van der Waals surface area (Å²) in [6, 6.07) is 11.6. The molecule has 1 fully saturated rings. The third-order valence-electron chi connectivity index (χ3n) is 3.55. The molecular weight excluding hydrogens is 266 g/mol. The van der Waals surface area contributed by atoms with E-state index in [4.69, 9.17) is 10.6 Å². The van der Waals surface area contributed by atoms with Gasteiger partial charge in [-0.2, -0.15) is 0 Å². The molecule has 1 aliphatic heterocycles. The predicted molar refractivity (Wildman–Crippen MR) is 82.7 cm³/mol. The highest BCUT2D eigenvalue weighted by atomic mass is 16.5. The first-order valence-electron chi connectivity index (χ1n) is 6.96. The Bertz CT molecular complexity index is 611. The SMILES string of the molecule is CC1(Nc2cc(NN)nc(-c3ccccc3)n2)CCOC1. The zero-order valence-electron chi connectivity index (χ0n) is 12.0. The van der Waals surface area contributed by atoms with Crippen molar-refractivity contribution in [3.8, 4) is 11.4 Å². The molecule has 0 bridgehead atoms. The van der Waals surface area contributed by atoms with Gasteiger partial charge < -0.3 is 15.5 Å². The van der Waals surface area contributed by atoms with Gasteiger partial charge in [-0.3, -0.25) is 0 Å². The Morgan fingerprint density at radius 1 is 1.19 bits per heavy atom. The zero-order valence-corrected chi connectivity index (χ0v) is 12.0. The van der Waals surface area contributed by atoms with E-state index in [1.807, 2.05) is 30.3 Å². The van der Waals surface area contributed by atoms with Crippen LogP contribution in [0.3, 0.4) is 0 Å². The number of rotatable bonds is 4. The average Bonchev–Trinajstić information content (AvgIpc) is 2.94. The lowest BCUT2D eigenvalue weighted by molar-refractivity contribution is 0.185. The van der Waals surface area contributed by atoms with Crippen molar-refractivity contribution >= 4 is 11.6 Å². The Labute approximate surface area is 123 Å². The van der Waals surface area contributed by atoms with Gasteiger partial charge in [-0.1, -0.05) is 30.3 Å². The molecule has 0 saturated carbocycles. The first kappa shape index (κ1) is 13.8. The summed E-state index contributed by atoms with van der Waals surface area (Å²) in [6.07, 6.45) is 0.947. The Hall–Kier alpha value is -2.18. The average molecular weight is 285 g/mol. The van der Waals surface area contributed by atoms with Crippen LogP contribution < -0.4 is 16.6 Å². The second kappa shape index (κ2) is 5.67. The quantitative estimate of drug-likeness (QED) is 0.588. The number of benzene rings is 1. The molecule has 0 spiro atoms. The Balaban J connectivity index is 1.93. The number of nitrogens with one attached hydrogen (secondary N) is 2. The van der Waals surface area contributed by atoms with E-state index in [9.17, 15) is 0 Å². The van der Waals surface area contributed by atoms with Crippen LogP contribution in [0.2, 0.25) is 0 Å². The Kier molecular flexibility index (Phi) is 3.72. The van der Waals surface area contributed by atoms with Crippen LogP contribution in [-0.4, -0.2) is 28.7 Å². The molecule has 2 heterocycles. The summed E-state index contributed by atoms with van der Waals surface area (Å²) < 4.78 is 5.46. The van der Waals surface area contributed by atoms with Crippen molar-refractivity contribution in [3.05, 3.63) is 36.4 Å². The number of hydrogen-bond acceptors (Lipinski definition) is 6. The highest BCUT2D eigenvalue weighted by molar-refractivity contribution is 5.61. The third-order valence-corrected chi connectivity index (χ3v) is 3.55. The molecule has 110 valence electrons. The molecule has 6 nitrogen and oxygen atoms in total. The lowest BCUT2D eigenvalue weighted by Crippen LogP contribution is -2.35. The van der Waals surface area contributed by atoms with Gasteiger partial charge in [0.1, 0.15) is 11.6 Å². The molecule has 2 aromatic rings. The number of nitrogen functional groups attached to an aromatic ring is 1. The lowest BCUT2D eigenvalue weighted by atomic mass is 10.0. The van der Waals surface area contributed by atoms with Crippen LogP contribution in [0.25, 0.3) is 11.4 Å². The summed E-state index contributed by atoms with van der Waals surface area (Å²) in [6.45, 7) is 3.56. The fraction of sp³-hybridized carbons (Fsp3) is 0.333. The molecule has 21 heavy (non-hydrogen) atoms. The summed E-state index contributed by atoms with van der Waals surface area (Å²) >= 11 is 0. The minimum atomic E-state index is -0.103. The van der Waals surface area contributed by atoms with Crippen molar-refractivity contribution in [3.63, 3.8) is 0 Å². The molecule has 1 atom stereocenters. The molecule has 1 aromatic heterocycles. The van der Waals surface area contributed by atoms with Gasteiger partial charge in [-0.15, -0.1) is 0 Å². The van der Waals surface area contributed by atoms with Crippen LogP contribution in [0.4, 0.5) is 11.6 Å². The number of ether oxygens (including phenoxy) is 1. The second-order valence-corrected chi connectivity index (χ2v) is 5.46. The van der Waals surface area contributed by atoms with Crippen LogP contribution in [0.15, 0.2) is 36.4 Å². The summed E-state index contributed by atoms with van der Waals surface area (Å²) in [5, 5.41) is 3.43. The molecule has 0 aliphatic carbocycles. The highest BCUT2D eigenvalue weighted by Gasteiger charge is 2.30. The first-order valence-corrected chi connectivity index (χ1v) is 6.96. The predicted octanol–water partition coefficient (Wildman–Crippen LogP) is 2.02. The number of nitrogens with two attached hydrogens (primary N) is 1. The number of nitrogens with zero attached hydrogens (tertiary/aromatic N) is 2. The fourth-order valence-corrected chi connectivity index (χ4v) is 2.38. The second-order valence-electron chi connectivity index (χ2n) is 5.46. The molecular formula is C15H19N5O. The molecule has 1 saturated heterocycles. The molecule has 4 N–H and O–H groups in total. The van der Waals surface area contributed by atoms with Crippen molar-refractivity contribution in [1.29, 1.82) is 0 Å². The van der Waals surface area contributed by atoms with Crippen molar-refractivity contribution in [2.45, 2.75) is 18.9 Å². The van der Waals surface area contributed by atoms with Crippen LogP contribution in [-0.2, 0) is 4.74 Å². The van der Waals surface area contributed by atoms with Crippen molar-refractivity contribution in [2.75, 3.05) is 24.0 Å². The van der Waals surface area contributed by atoms with Gasteiger partial charge >= 0.3 is 0 Å². The summed E-state index contributed by atoms with van der Waals surface area (Å²) in [4.78, 5) is 8.99. The van der Waals surface area contributed by atoms with E-state index in [2.05, 4.69) is 27.6 Å². The fourth-order valence-electron chi connectivity index (χ4n) is 2.38. The molecule has 0 amide bonds. The number of anilines is 2. The van der Waals surface area contributed by atoms with Gasteiger partial charge in [0.2, 0.25) is 0 Å². The maximum Gasteiger partial charge on any atom is 0.163 e. The van der Waals surface area contributed by atoms with Gasteiger partial charge in [0, 0.05) is 18.2 Å². The van der Waals surface area contributed by atoms with E-state index in [1.165, 1.54) is 0 Å². The molecule has 1 unspecified atom stereocenters. The van der Waals surface area contributed by atoms with E-state index in [1.54, 1.807) is 6.07 Å². The standard InChI is InChI=1S/C15H19N5O/c1-15(7-8-21-10-15)19-12-9-13(20-16)18-14(17-12)11-5-3-2-4-6-11/h2-6,9H,7-8,10,16H2,1H3,(H2,17,18,19,20). The van der Waals surface area contributed by atoms with E-state index in [-0.39, 0.29) is 5.54 Å². The minimum absolute atomic E-state index is 0.103. The molecule has 1 aliphatic rings. The van der Waals surface area contributed by atoms with Crippen molar-refractivity contribution < 1.29 is 4.74 Å². The van der Waals surface area contributed by atoms with Crippen LogP contribution in [0, 0.1) is 0 Å². The maximum absolute atomic E-state index is 5.51. The van der Waals surface area contributed by atoms with E-state index in [0.29, 0.717) is 18.2 Å². The molecule has 6 heteroatoms. The normalized spacial score (nSPS) is 21.2. The van der Waals surface area contributed by atoms with E-state index in [0.717, 1.165) is 24.4 Å². The van der Waals surface area contributed by atoms with Gasteiger partial charge in [-0.05, 0) is 13.3 Å². The molecule has 3 rings (SSSR count). The van der Waals surface area contributed by atoms with E-state index < -0.39 is 0 Å². The van der Waals surface area contributed by atoms with Crippen molar-refractivity contribution in [1.82, 2.24) is 9.97 Å². The highest BCUT2D eigenvalue weighted by Crippen LogP contribution is 2.25. The minimum Gasteiger partial charge on any atom is -0.379 e. The maximum atomic E-state index is 5.51. The van der Waals surface area contributed by atoms with Gasteiger partial charge in [0.15, 0.2) is 5.82 Å². The summed E-state index contributed by atoms with van der Waals surface area (Å²) in [5.41, 5.74) is 3.44. The molecule has 0 radical (unpaired) electrons. The van der Waals surface area contributed by atoms with Crippen LogP contribution in [0.5, 0.6) is 0 Å². The topological polar surface area (TPSA) is 85.1 Å². The number of hydrazine groups is 1. The lowest BCUT2D eigenvalue weighted by Gasteiger charge is -2.24. The van der Waals surface area contributed by atoms with Gasteiger partial charge in [0.25, 0.3) is 0 Å².